The molecule has 2 heterocycles. The number of hydrogen-bond acceptors (Lipinski definition) is 5. The molecule has 0 spiro atoms. The summed E-state index contributed by atoms with van der Waals surface area (Å²) in [6, 6.07) is 12.8. The van der Waals surface area contributed by atoms with Crippen LogP contribution in [0.15, 0.2) is 60.4 Å². The second-order valence-corrected chi connectivity index (χ2v) is 6.33. The highest BCUT2D eigenvalue weighted by Crippen LogP contribution is 2.12. The van der Waals surface area contributed by atoms with Gasteiger partial charge in [-0.25, -0.2) is 4.98 Å². The average Bonchev–Trinajstić information content (AvgIpc) is 3.36. The molecule has 2 N–H and O–H groups in total. The number of rotatable bonds is 6. The number of amides is 2. The van der Waals surface area contributed by atoms with Crippen molar-refractivity contribution in [3.63, 3.8) is 0 Å². The summed E-state index contributed by atoms with van der Waals surface area (Å²) in [7, 11) is 0. The summed E-state index contributed by atoms with van der Waals surface area (Å²) in [5.41, 5.74) is 5.73. The third-order valence-electron chi connectivity index (χ3n) is 3.60. The fraction of sp³-hybridized carbons (Fsp3) is 0.111. The number of nitrogens with zero attached hydrogens (tertiary/aromatic N) is 2. The van der Waals surface area contributed by atoms with Gasteiger partial charge in [-0.15, -0.1) is 11.3 Å². The van der Waals surface area contributed by atoms with Crippen LogP contribution < -0.4 is 10.9 Å². The molecule has 132 valence electrons. The van der Waals surface area contributed by atoms with Crippen LogP contribution in [0.5, 0.6) is 0 Å². The smallest absolute Gasteiger partial charge is 0.288 e. The first-order chi connectivity index (χ1) is 12.6. The Morgan fingerprint density at radius 2 is 1.81 bits per heavy atom. The lowest BCUT2D eigenvalue weighted by Gasteiger charge is -2.09. The molecule has 2 aromatic heterocycles. The normalized spacial score (nSPS) is 10.3. The highest BCUT2D eigenvalue weighted by atomic mass is 32.1. The maximum atomic E-state index is 12.3. The summed E-state index contributed by atoms with van der Waals surface area (Å²) in [5.74, 6) is -1.03. The van der Waals surface area contributed by atoms with Crippen molar-refractivity contribution in [2.24, 2.45) is 0 Å². The zero-order valence-corrected chi connectivity index (χ0v) is 14.5. The highest BCUT2D eigenvalue weighted by Gasteiger charge is 2.15. The number of para-hydroxylation sites is 1. The summed E-state index contributed by atoms with van der Waals surface area (Å²) >= 11 is 1.34. The van der Waals surface area contributed by atoms with E-state index in [4.69, 9.17) is 0 Å². The van der Waals surface area contributed by atoms with Gasteiger partial charge in [-0.3, -0.25) is 29.8 Å². The van der Waals surface area contributed by atoms with Crippen LogP contribution >= 0.6 is 11.3 Å². The molecule has 0 saturated carbocycles. The molecular formula is C18H16N4O3S. The van der Waals surface area contributed by atoms with Gasteiger partial charge in [0.2, 0.25) is 5.91 Å². The fourth-order valence-corrected chi connectivity index (χ4v) is 2.99. The second kappa shape index (κ2) is 8.21. The van der Waals surface area contributed by atoms with Crippen LogP contribution in [0, 0.1) is 0 Å². The molecule has 0 unspecified atom stereocenters. The van der Waals surface area contributed by atoms with Crippen LogP contribution in [0.2, 0.25) is 0 Å². The number of aromatic nitrogens is 2. The lowest BCUT2D eigenvalue weighted by Crippen LogP contribution is -2.42. The number of ketones is 1. The minimum atomic E-state index is -0.496. The van der Waals surface area contributed by atoms with Gasteiger partial charge in [-0.2, -0.15) is 0 Å². The largest absolute Gasteiger partial charge is 0.295 e. The van der Waals surface area contributed by atoms with E-state index in [1.165, 1.54) is 23.9 Å². The maximum Gasteiger partial charge on any atom is 0.288 e. The van der Waals surface area contributed by atoms with Gasteiger partial charge in [0.25, 0.3) is 5.91 Å². The third kappa shape index (κ3) is 4.22. The average molecular weight is 368 g/mol. The van der Waals surface area contributed by atoms with Gasteiger partial charge >= 0.3 is 0 Å². The van der Waals surface area contributed by atoms with E-state index >= 15 is 0 Å². The first-order valence-electron chi connectivity index (χ1n) is 7.89. The van der Waals surface area contributed by atoms with Crippen molar-refractivity contribution in [3.8, 4) is 5.69 Å². The fourth-order valence-electron chi connectivity index (χ4n) is 2.30. The van der Waals surface area contributed by atoms with Crippen LogP contribution in [-0.4, -0.2) is 27.1 Å². The molecule has 7 nitrogen and oxygen atoms in total. The molecule has 0 fully saturated rings. The standard InChI is InChI=1S/C18H16N4O3S/c23-15(16-7-4-10-26-16)8-9-17(24)20-21-18(25)14-11-19-12-22(14)13-5-2-1-3-6-13/h1-7,10-12H,8-9H2,(H,20,24)(H,21,25). The zero-order valence-electron chi connectivity index (χ0n) is 13.7. The molecule has 1 aromatic carbocycles. The van der Waals surface area contributed by atoms with Crippen LogP contribution in [0.3, 0.4) is 0 Å². The Bertz CT molecular complexity index is 904. The van der Waals surface area contributed by atoms with Crippen molar-refractivity contribution >= 4 is 28.9 Å². The molecule has 3 aromatic rings. The summed E-state index contributed by atoms with van der Waals surface area (Å²) in [5, 5.41) is 1.81. The summed E-state index contributed by atoms with van der Waals surface area (Å²) in [6.07, 6.45) is 3.01. The van der Waals surface area contributed by atoms with Crippen molar-refractivity contribution < 1.29 is 14.4 Å². The Kier molecular flexibility index (Phi) is 5.55. The lowest BCUT2D eigenvalue weighted by molar-refractivity contribution is -0.121. The molecule has 3 rings (SSSR count). The molecule has 0 radical (unpaired) electrons. The van der Waals surface area contributed by atoms with Crippen LogP contribution in [0.25, 0.3) is 5.69 Å². The molecule has 0 saturated heterocycles. The Hall–Kier alpha value is -3.26. The van der Waals surface area contributed by atoms with Gasteiger partial charge in [-0.05, 0) is 23.6 Å². The topological polar surface area (TPSA) is 93.1 Å². The van der Waals surface area contributed by atoms with Gasteiger partial charge in [0.15, 0.2) is 5.78 Å². The molecule has 0 atom stereocenters. The Balaban J connectivity index is 1.52. The van der Waals surface area contributed by atoms with E-state index < -0.39 is 11.8 Å². The minimum absolute atomic E-state index is 0.00500. The van der Waals surface area contributed by atoms with Crippen molar-refractivity contribution in [3.05, 3.63) is 70.9 Å². The van der Waals surface area contributed by atoms with E-state index in [9.17, 15) is 14.4 Å². The predicted molar refractivity (Wildman–Crippen MR) is 97.1 cm³/mol. The van der Waals surface area contributed by atoms with Gasteiger partial charge in [0.05, 0.1) is 17.4 Å². The maximum absolute atomic E-state index is 12.3. The second-order valence-electron chi connectivity index (χ2n) is 5.39. The van der Waals surface area contributed by atoms with E-state index in [0.717, 1.165) is 5.69 Å². The number of hydrazine groups is 1. The van der Waals surface area contributed by atoms with E-state index in [1.807, 2.05) is 35.7 Å². The van der Waals surface area contributed by atoms with Crippen molar-refractivity contribution in [2.45, 2.75) is 12.8 Å². The van der Waals surface area contributed by atoms with Gasteiger partial charge in [0.1, 0.15) is 5.69 Å². The number of imidazole rings is 1. The SMILES string of the molecule is O=C(CCC(=O)c1cccs1)NNC(=O)c1cncn1-c1ccccc1. The first kappa shape index (κ1) is 17.6. The summed E-state index contributed by atoms with van der Waals surface area (Å²) in [4.78, 5) is 40.6. The quantitative estimate of drug-likeness (QED) is 0.516. The van der Waals surface area contributed by atoms with Crippen molar-refractivity contribution in [2.75, 3.05) is 0 Å². The van der Waals surface area contributed by atoms with E-state index in [1.54, 1.807) is 16.7 Å². The number of thiophene rings is 1. The Labute approximate surface area is 153 Å². The zero-order chi connectivity index (χ0) is 18.4. The van der Waals surface area contributed by atoms with Gasteiger partial charge in [0, 0.05) is 18.5 Å². The molecule has 0 bridgehead atoms. The van der Waals surface area contributed by atoms with Gasteiger partial charge < -0.3 is 0 Å². The Morgan fingerprint density at radius 1 is 1.00 bits per heavy atom. The molecule has 0 aliphatic carbocycles. The molecule has 0 aliphatic heterocycles. The van der Waals surface area contributed by atoms with Crippen LogP contribution in [-0.2, 0) is 4.79 Å². The summed E-state index contributed by atoms with van der Waals surface area (Å²) < 4.78 is 1.61. The number of hydrogen-bond donors (Lipinski definition) is 2. The number of benzene rings is 1. The van der Waals surface area contributed by atoms with Gasteiger partial charge in [-0.1, -0.05) is 24.3 Å². The number of carbonyl (C=O) groups excluding carboxylic acids is 3. The minimum Gasteiger partial charge on any atom is -0.295 e. The first-order valence-corrected chi connectivity index (χ1v) is 8.77. The predicted octanol–water partition coefficient (Wildman–Crippen LogP) is 2.36. The number of nitrogens with one attached hydrogen (secondary N) is 2. The Morgan fingerprint density at radius 3 is 2.54 bits per heavy atom. The summed E-state index contributed by atoms with van der Waals surface area (Å²) in [6.45, 7) is 0. The third-order valence-corrected chi connectivity index (χ3v) is 4.51. The van der Waals surface area contributed by atoms with E-state index in [2.05, 4.69) is 15.8 Å². The molecule has 26 heavy (non-hydrogen) atoms. The number of Topliss-reactive ketones (excluding diaryl/α,β-unsaturated/α-hetero) is 1. The van der Waals surface area contributed by atoms with Crippen molar-refractivity contribution in [1.82, 2.24) is 20.4 Å². The van der Waals surface area contributed by atoms with E-state index in [-0.39, 0.29) is 24.3 Å². The van der Waals surface area contributed by atoms with Crippen LogP contribution in [0.4, 0.5) is 0 Å². The van der Waals surface area contributed by atoms with Crippen LogP contribution in [0.1, 0.15) is 33.0 Å². The molecule has 0 aliphatic rings. The monoisotopic (exact) mass is 368 g/mol. The molecule has 8 heteroatoms. The molecule has 2 amide bonds. The number of carbonyl (C=O) groups is 3. The lowest BCUT2D eigenvalue weighted by atomic mass is 10.2. The van der Waals surface area contributed by atoms with E-state index in [0.29, 0.717) is 4.88 Å². The van der Waals surface area contributed by atoms with Crippen molar-refractivity contribution in [1.29, 1.82) is 0 Å². The highest BCUT2D eigenvalue weighted by molar-refractivity contribution is 7.12. The molecular weight excluding hydrogens is 352 g/mol.